The summed E-state index contributed by atoms with van der Waals surface area (Å²) in [6.45, 7) is 5.92. The first kappa shape index (κ1) is 30.1. The van der Waals surface area contributed by atoms with Crippen molar-refractivity contribution < 1.29 is 17.9 Å². The number of thioether (sulfide) groups is 1. The van der Waals surface area contributed by atoms with Crippen LogP contribution in [0.5, 0.6) is 0 Å². The molecule has 1 aliphatic heterocycles. The van der Waals surface area contributed by atoms with Crippen LogP contribution in [0.3, 0.4) is 0 Å². The molecule has 1 atom stereocenters. The molecule has 40 heavy (non-hydrogen) atoms. The van der Waals surface area contributed by atoms with Gasteiger partial charge >= 0.3 is 5.97 Å². The van der Waals surface area contributed by atoms with E-state index in [1.165, 1.54) is 4.31 Å². The number of rotatable bonds is 13. The van der Waals surface area contributed by atoms with E-state index in [-0.39, 0.29) is 16.1 Å². The second kappa shape index (κ2) is 13.7. The number of ether oxygens (including phenoxy) is 1. The zero-order valence-corrected chi connectivity index (χ0v) is 25.8. The monoisotopic (exact) mass is 600 g/mol. The van der Waals surface area contributed by atoms with Crippen molar-refractivity contribution >= 4 is 50.9 Å². The molecule has 0 saturated heterocycles. The Bertz CT molecular complexity index is 1580. The third-order valence-electron chi connectivity index (χ3n) is 6.78. The number of likely N-dealkylation sites (N-methyl/N-ethyl adjacent to an activating group) is 1. The topological polar surface area (TPSA) is 95.6 Å². The Kier molecular flexibility index (Phi) is 10.3. The minimum Gasteiger partial charge on any atom is -0.466 e. The van der Waals surface area contributed by atoms with Gasteiger partial charge < -0.3 is 14.6 Å². The van der Waals surface area contributed by atoms with Gasteiger partial charge in [-0.05, 0) is 75.7 Å². The molecule has 1 unspecified atom stereocenters. The summed E-state index contributed by atoms with van der Waals surface area (Å²) >= 11 is 2.76. The van der Waals surface area contributed by atoms with Gasteiger partial charge in [0.2, 0.25) is 0 Å². The predicted molar refractivity (Wildman–Crippen MR) is 164 cm³/mol. The Morgan fingerprint density at radius 1 is 1.30 bits per heavy atom. The number of hydrogen-bond donors (Lipinski definition) is 1. The Morgan fingerprint density at radius 2 is 2.12 bits per heavy atom. The highest BCUT2D eigenvalue weighted by Crippen LogP contribution is 2.30. The summed E-state index contributed by atoms with van der Waals surface area (Å²) in [6, 6.07) is 2.04. The van der Waals surface area contributed by atoms with Gasteiger partial charge in [-0.25, -0.2) is 13.4 Å². The number of carbonyl (C=O) groups excluding carboxylic acids is 1. The Labute approximate surface area is 244 Å². The molecule has 0 radical (unpaired) electrons. The van der Waals surface area contributed by atoms with E-state index in [4.69, 9.17) is 4.74 Å². The second-order valence-corrected chi connectivity index (χ2v) is 13.9. The van der Waals surface area contributed by atoms with E-state index < -0.39 is 10.0 Å². The highest BCUT2D eigenvalue weighted by Gasteiger charge is 2.26. The van der Waals surface area contributed by atoms with Crippen molar-refractivity contribution in [1.29, 1.82) is 0 Å². The van der Waals surface area contributed by atoms with Gasteiger partial charge in [0.1, 0.15) is 9.24 Å². The second-order valence-electron chi connectivity index (χ2n) is 9.64. The quantitative estimate of drug-likeness (QED) is 0.271. The SMILES string of the molecule is CCOC(=O)C(CC)CCCN(C)Cc1cnc(-c2cc3c([nH]2)=C(N(C)S(=O)(=O)C2=CC=C=CS2)C=CCC=3)s1. The molecule has 2 aromatic rings. The molecule has 0 amide bonds. The molecule has 1 aliphatic carbocycles. The average molecular weight is 601 g/mol. The molecule has 0 fully saturated rings. The Balaban J connectivity index is 1.48. The first-order valence-electron chi connectivity index (χ1n) is 13.4. The van der Waals surface area contributed by atoms with Crippen molar-refractivity contribution in [2.24, 2.45) is 5.92 Å². The summed E-state index contributed by atoms with van der Waals surface area (Å²) in [5, 5.41) is 4.20. The van der Waals surface area contributed by atoms with Crippen molar-refractivity contribution in [3.05, 3.63) is 67.4 Å². The van der Waals surface area contributed by atoms with E-state index in [0.717, 1.165) is 70.3 Å². The first-order valence-corrected chi connectivity index (χ1v) is 16.5. The van der Waals surface area contributed by atoms with Crippen LogP contribution in [0.25, 0.3) is 22.5 Å². The van der Waals surface area contributed by atoms with E-state index in [1.807, 2.05) is 38.3 Å². The largest absolute Gasteiger partial charge is 0.466 e. The summed E-state index contributed by atoms with van der Waals surface area (Å²) in [5.74, 6) is -0.138. The number of nitrogens with zero attached hydrogens (tertiary/aromatic N) is 3. The molecule has 2 aromatic heterocycles. The molecule has 0 bridgehead atoms. The zero-order valence-electron chi connectivity index (χ0n) is 23.3. The van der Waals surface area contributed by atoms with Crippen molar-refractivity contribution in [3.8, 4) is 10.7 Å². The number of aromatic nitrogens is 2. The van der Waals surface area contributed by atoms with Gasteiger partial charge in [-0.1, -0.05) is 30.8 Å². The maximum atomic E-state index is 13.3. The first-order chi connectivity index (χ1) is 19.2. The molecular weight excluding hydrogens is 565 g/mol. The number of hydrogen-bond acceptors (Lipinski definition) is 8. The summed E-state index contributed by atoms with van der Waals surface area (Å²) in [4.78, 5) is 23.5. The highest BCUT2D eigenvalue weighted by atomic mass is 32.3. The molecule has 2 aliphatic rings. The molecule has 214 valence electrons. The summed E-state index contributed by atoms with van der Waals surface area (Å²) < 4.78 is 33.4. The fourth-order valence-electron chi connectivity index (χ4n) is 4.58. The Hall–Kier alpha value is -2.82. The van der Waals surface area contributed by atoms with E-state index in [0.29, 0.717) is 18.7 Å². The van der Waals surface area contributed by atoms with E-state index in [1.54, 1.807) is 35.9 Å². The predicted octanol–water partition coefficient (Wildman–Crippen LogP) is 4.31. The number of carbonyl (C=O) groups is 1. The van der Waals surface area contributed by atoms with Gasteiger partial charge in [0.15, 0.2) is 0 Å². The summed E-state index contributed by atoms with van der Waals surface area (Å²) in [6.07, 6.45) is 14.2. The van der Waals surface area contributed by atoms with Gasteiger partial charge in [-0.2, -0.15) is 0 Å². The van der Waals surface area contributed by atoms with Crippen LogP contribution in [0.4, 0.5) is 0 Å². The van der Waals surface area contributed by atoms with E-state index in [2.05, 4.69) is 33.7 Å². The van der Waals surface area contributed by atoms with Gasteiger partial charge in [0.05, 0.1) is 29.3 Å². The minimum atomic E-state index is -3.72. The van der Waals surface area contributed by atoms with Crippen molar-refractivity contribution in [2.45, 2.75) is 46.1 Å². The number of H-pyrrole nitrogens is 1. The van der Waals surface area contributed by atoms with Gasteiger partial charge in [0.25, 0.3) is 10.0 Å². The van der Waals surface area contributed by atoms with Gasteiger partial charge in [0, 0.05) is 30.1 Å². The van der Waals surface area contributed by atoms with Crippen LogP contribution in [-0.2, 0) is 26.1 Å². The fraction of sp³-hybridized carbons (Fsp3) is 0.414. The maximum absolute atomic E-state index is 13.3. The lowest BCUT2D eigenvalue weighted by atomic mass is 10.0. The third kappa shape index (κ3) is 7.08. The van der Waals surface area contributed by atoms with Crippen LogP contribution < -0.4 is 10.6 Å². The Morgan fingerprint density at radius 3 is 2.85 bits per heavy atom. The molecule has 1 N–H and O–H groups in total. The minimum absolute atomic E-state index is 0.0410. The molecule has 3 heterocycles. The van der Waals surface area contributed by atoms with Crippen LogP contribution in [0.1, 0.15) is 44.4 Å². The third-order valence-corrected chi connectivity index (χ3v) is 10.9. The fourth-order valence-corrected chi connectivity index (χ4v) is 7.84. The van der Waals surface area contributed by atoms with Crippen LogP contribution in [0.2, 0.25) is 0 Å². The van der Waals surface area contributed by atoms with Crippen molar-refractivity contribution in [2.75, 3.05) is 27.2 Å². The average Bonchev–Trinajstić information content (AvgIpc) is 3.54. The molecule has 0 spiro atoms. The number of fused-ring (bicyclic) bond motifs is 1. The number of esters is 1. The van der Waals surface area contributed by atoms with Crippen molar-refractivity contribution in [1.82, 2.24) is 19.2 Å². The summed E-state index contributed by atoms with van der Waals surface area (Å²) in [5.41, 5.74) is 4.33. The normalized spacial score (nSPS) is 15.4. The number of allylic oxidation sites excluding steroid dienone is 3. The number of thiazole rings is 1. The van der Waals surface area contributed by atoms with Crippen LogP contribution in [0, 0.1) is 5.92 Å². The maximum Gasteiger partial charge on any atom is 0.308 e. The van der Waals surface area contributed by atoms with Crippen molar-refractivity contribution in [3.63, 3.8) is 0 Å². The van der Waals surface area contributed by atoms with Crippen LogP contribution in [-0.4, -0.2) is 60.8 Å². The standard InChI is InChI=1S/C29H36N4O4S3/c1-5-21(29(34)37-6-2)13-11-16-32(3)20-23-19-30-28(39-23)24-18-22-12-7-8-14-25(27(22)31-24)33(4)40(35,36)26-15-9-10-17-38-26/h8-9,12,14-15,17-19,21,31H,5-7,11,13,16,20H2,1-4H3. The molecule has 0 saturated carbocycles. The van der Waals surface area contributed by atoms with Crippen LogP contribution >= 0.6 is 23.1 Å². The lowest BCUT2D eigenvalue weighted by Gasteiger charge is -2.21. The molecule has 8 nitrogen and oxygen atoms in total. The van der Waals surface area contributed by atoms with E-state index in [9.17, 15) is 13.2 Å². The van der Waals surface area contributed by atoms with Gasteiger partial charge in [-0.3, -0.25) is 9.10 Å². The van der Waals surface area contributed by atoms with E-state index >= 15 is 0 Å². The molecule has 4 rings (SSSR count). The number of sulfonamides is 1. The van der Waals surface area contributed by atoms with Gasteiger partial charge in [-0.15, -0.1) is 17.1 Å². The van der Waals surface area contributed by atoms with Crippen LogP contribution in [0.15, 0.2) is 51.9 Å². The summed E-state index contributed by atoms with van der Waals surface area (Å²) in [7, 11) is -0.0601. The highest BCUT2D eigenvalue weighted by molar-refractivity contribution is 8.19. The lowest BCUT2D eigenvalue weighted by Crippen LogP contribution is -2.34. The zero-order chi connectivity index (χ0) is 28.7. The lowest BCUT2D eigenvalue weighted by molar-refractivity contribution is -0.148. The molecular formula is C29H36N4O4S3. The number of aromatic amines is 1. The molecule has 0 aromatic carbocycles. The smallest absolute Gasteiger partial charge is 0.308 e. The molecule has 11 heteroatoms. The number of nitrogens with one attached hydrogen (secondary N) is 1.